The third-order valence-electron chi connectivity index (χ3n) is 3.72. The van der Waals surface area contributed by atoms with Gasteiger partial charge in [0.1, 0.15) is 0 Å². The Hall–Kier alpha value is -0.0700. The van der Waals surface area contributed by atoms with Crippen molar-refractivity contribution in [2.45, 2.75) is 77.0 Å². The molecule has 1 saturated carbocycles. The van der Waals surface area contributed by atoms with Crippen LogP contribution in [0.3, 0.4) is 0 Å². The van der Waals surface area contributed by atoms with Gasteiger partial charge in [-0.1, -0.05) is 70.6 Å². The van der Waals surface area contributed by atoms with Crippen molar-refractivity contribution in [1.29, 1.82) is 0 Å². The van der Waals surface area contributed by atoms with E-state index < -0.39 is 0 Å². The van der Waals surface area contributed by atoms with Crippen molar-refractivity contribution in [3.8, 4) is 0 Å². The molecule has 0 bridgehead atoms. The Bertz CT molecular complexity index is 127. The van der Waals surface area contributed by atoms with Crippen LogP contribution in [0.4, 0.5) is 4.39 Å². The van der Waals surface area contributed by atoms with Crippen molar-refractivity contribution >= 4 is 0 Å². The van der Waals surface area contributed by atoms with Crippen molar-refractivity contribution < 1.29 is 4.39 Å². The highest BCUT2D eigenvalue weighted by Gasteiger charge is 2.12. The summed E-state index contributed by atoms with van der Waals surface area (Å²) in [6, 6.07) is 0. The molecule has 0 N–H and O–H groups in total. The lowest BCUT2D eigenvalue weighted by Gasteiger charge is -2.21. The van der Waals surface area contributed by atoms with Gasteiger partial charge in [-0.2, -0.15) is 0 Å². The molecule has 0 atom stereocenters. The maximum absolute atomic E-state index is 11.8. The average Bonchev–Trinajstić information content (AvgIpc) is 2.29. The third kappa shape index (κ3) is 6.92. The van der Waals surface area contributed by atoms with Crippen molar-refractivity contribution in [3.63, 3.8) is 0 Å². The summed E-state index contributed by atoms with van der Waals surface area (Å²) in [5, 5.41) is 0. The van der Waals surface area contributed by atoms with Crippen LogP contribution in [0.5, 0.6) is 0 Å². The Morgan fingerprint density at radius 1 is 0.733 bits per heavy atom. The van der Waals surface area contributed by atoms with Gasteiger partial charge in [0.2, 0.25) is 0 Å². The first kappa shape index (κ1) is 13.0. The van der Waals surface area contributed by atoms with E-state index >= 15 is 0 Å². The second-order valence-corrected chi connectivity index (χ2v) is 5.10. The molecule has 0 aromatic rings. The molecule has 1 aliphatic carbocycles. The average molecular weight is 214 g/mol. The van der Waals surface area contributed by atoms with Crippen molar-refractivity contribution in [2.75, 3.05) is 6.67 Å². The predicted molar refractivity (Wildman–Crippen MR) is 64.9 cm³/mol. The largest absolute Gasteiger partial charge is 0.251 e. The van der Waals surface area contributed by atoms with Gasteiger partial charge in [0.05, 0.1) is 6.67 Å². The number of rotatable bonds is 8. The fraction of sp³-hybridized carbons (Fsp3) is 1.00. The van der Waals surface area contributed by atoms with Crippen molar-refractivity contribution in [3.05, 3.63) is 0 Å². The number of halogens is 1. The maximum Gasteiger partial charge on any atom is 0.0894 e. The van der Waals surface area contributed by atoms with E-state index in [2.05, 4.69) is 0 Å². The minimum absolute atomic E-state index is 0.123. The first-order valence-corrected chi connectivity index (χ1v) is 6.99. The Morgan fingerprint density at radius 3 is 2.00 bits per heavy atom. The molecule has 0 saturated heterocycles. The van der Waals surface area contributed by atoms with E-state index in [1.54, 1.807) is 0 Å². The van der Waals surface area contributed by atoms with Gasteiger partial charge in [-0.25, -0.2) is 0 Å². The molecule has 1 fully saturated rings. The highest BCUT2D eigenvalue weighted by Crippen LogP contribution is 2.28. The minimum atomic E-state index is -0.123. The molecule has 1 rings (SSSR count). The zero-order chi connectivity index (χ0) is 10.8. The third-order valence-corrected chi connectivity index (χ3v) is 3.72. The molecule has 0 amide bonds. The molecule has 0 unspecified atom stereocenters. The molecule has 0 aromatic heterocycles. The molecule has 0 nitrogen and oxygen atoms in total. The van der Waals surface area contributed by atoms with Gasteiger partial charge in [0.15, 0.2) is 0 Å². The van der Waals surface area contributed by atoms with Crippen LogP contribution in [0.2, 0.25) is 0 Å². The van der Waals surface area contributed by atoms with E-state index in [-0.39, 0.29) is 6.67 Å². The van der Waals surface area contributed by atoms with Gasteiger partial charge < -0.3 is 0 Å². The Labute approximate surface area is 94.6 Å². The van der Waals surface area contributed by atoms with Crippen LogP contribution in [0.1, 0.15) is 77.0 Å². The van der Waals surface area contributed by atoms with E-state index in [1.165, 1.54) is 64.2 Å². The molecule has 0 radical (unpaired) electrons. The lowest BCUT2D eigenvalue weighted by atomic mass is 9.85. The Kier molecular flexibility index (Phi) is 7.95. The maximum atomic E-state index is 11.8. The normalized spacial score (nSPS) is 18.2. The highest BCUT2D eigenvalue weighted by molar-refractivity contribution is 4.65. The van der Waals surface area contributed by atoms with Crippen molar-refractivity contribution in [1.82, 2.24) is 0 Å². The predicted octanol–water partition coefficient (Wildman–Crippen LogP) is 5.27. The summed E-state index contributed by atoms with van der Waals surface area (Å²) >= 11 is 0. The first-order chi connectivity index (χ1) is 7.43. The SMILES string of the molecule is FCCCCCCCCC1CCCCC1. The molecular weight excluding hydrogens is 187 g/mol. The van der Waals surface area contributed by atoms with E-state index in [9.17, 15) is 4.39 Å². The van der Waals surface area contributed by atoms with Crippen LogP contribution in [-0.2, 0) is 0 Å². The minimum Gasteiger partial charge on any atom is -0.251 e. The molecule has 15 heavy (non-hydrogen) atoms. The fourth-order valence-electron chi connectivity index (χ4n) is 2.71. The summed E-state index contributed by atoms with van der Waals surface area (Å²) in [5.41, 5.74) is 0. The Balaban J connectivity index is 1.79. The molecule has 0 aliphatic heterocycles. The lowest BCUT2D eigenvalue weighted by molar-refractivity contribution is 0.327. The van der Waals surface area contributed by atoms with Gasteiger partial charge >= 0.3 is 0 Å². The molecule has 0 aromatic carbocycles. The molecule has 1 heteroatoms. The van der Waals surface area contributed by atoms with E-state index in [1.807, 2.05) is 0 Å². The smallest absolute Gasteiger partial charge is 0.0894 e. The van der Waals surface area contributed by atoms with Crippen LogP contribution < -0.4 is 0 Å². The van der Waals surface area contributed by atoms with Crippen LogP contribution in [0.15, 0.2) is 0 Å². The van der Waals surface area contributed by atoms with Crippen LogP contribution in [0, 0.1) is 5.92 Å². The molecule has 0 spiro atoms. The topological polar surface area (TPSA) is 0 Å². The zero-order valence-electron chi connectivity index (χ0n) is 10.1. The fourth-order valence-corrected chi connectivity index (χ4v) is 2.71. The lowest BCUT2D eigenvalue weighted by Crippen LogP contribution is -2.05. The molecule has 0 heterocycles. The van der Waals surface area contributed by atoms with E-state index in [0.29, 0.717) is 0 Å². The summed E-state index contributed by atoms with van der Waals surface area (Å²) in [7, 11) is 0. The molecule has 1 aliphatic rings. The quantitative estimate of drug-likeness (QED) is 0.483. The van der Waals surface area contributed by atoms with Gasteiger partial charge in [-0.15, -0.1) is 0 Å². The summed E-state index contributed by atoms with van der Waals surface area (Å²) in [5.74, 6) is 1.05. The van der Waals surface area contributed by atoms with Crippen LogP contribution in [-0.4, -0.2) is 6.67 Å². The summed E-state index contributed by atoms with van der Waals surface area (Å²) < 4.78 is 11.8. The number of unbranched alkanes of at least 4 members (excludes halogenated alkanes) is 5. The summed E-state index contributed by atoms with van der Waals surface area (Å²) in [6.45, 7) is -0.123. The second-order valence-electron chi connectivity index (χ2n) is 5.10. The zero-order valence-corrected chi connectivity index (χ0v) is 10.1. The van der Waals surface area contributed by atoms with Gasteiger partial charge in [0, 0.05) is 0 Å². The Morgan fingerprint density at radius 2 is 1.33 bits per heavy atom. The monoisotopic (exact) mass is 214 g/mol. The summed E-state index contributed by atoms with van der Waals surface area (Å²) in [4.78, 5) is 0. The number of alkyl halides is 1. The number of hydrogen-bond donors (Lipinski definition) is 0. The standard InChI is InChI=1S/C14H27F/c15-13-9-4-2-1-3-6-10-14-11-7-5-8-12-14/h14H,1-13H2. The molecule has 90 valence electrons. The van der Waals surface area contributed by atoms with Gasteiger partial charge in [-0.3, -0.25) is 4.39 Å². The van der Waals surface area contributed by atoms with Crippen molar-refractivity contribution in [2.24, 2.45) is 5.92 Å². The van der Waals surface area contributed by atoms with Gasteiger partial charge in [-0.05, 0) is 12.3 Å². The number of hydrogen-bond acceptors (Lipinski definition) is 0. The van der Waals surface area contributed by atoms with Gasteiger partial charge in [0.25, 0.3) is 0 Å². The van der Waals surface area contributed by atoms with Crippen LogP contribution in [0.25, 0.3) is 0 Å². The van der Waals surface area contributed by atoms with E-state index in [0.717, 1.165) is 18.8 Å². The van der Waals surface area contributed by atoms with Crippen LogP contribution >= 0.6 is 0 Å². The summed E-state index contributed by atoms with van der Waals surface area (Å²) in [6.07, 6.45) is 16.1. The molecular formula is C14H27F. The first-order valence-electron chi connectivity index (χ1n) is 6.99. The highest BCUT2D eigenvalue weighted by atomic mass is 19.1. The van der Waals surface area contributed by atoms with E-state index in [4.69, 9.17) is 0 Å². The second kappa shape index (κ2) is 9.18.